The van der Waals surface area contributed by atoms with Crippen LogP contribution in [0.2, 0.25) is 0 Å². The predicted molar refractivity (Wildman–Crippen MR) is 70.4 cm³/mol. The van der Waals surface area contributed by atoms with E-state index in [1.165, 1.54) is 32.6 Å². The van der Waals surface area contributed by atoms with Gasteiger partial charge < -0.3 is 9.84 Å². The highest BCUT2D eigenvalue weighted by Gasteiger charge is 2.13. The van der Waals surface area contributed by atoms with Gasteiger partial charge in [-0.3, -0.25) is 9.59 Å². The molecule has 0 aromatic heterocycles. The maximum atomic E-state index is 10.9. The molecule has 4 nitrogen and oxygen atoms in total. The number of hydrogen-bond acceptors (Lipinski definition) is 3. The number of rotatable bonds is 11. The Balaban J connectivity index is 3.71. The van der Waals surface area contributed by atoms with Crippen molar-refractivity contribution in [2.45, 2.75) is 77.7 Å². The molecule has 0 saturated heterocycles. The first-order chi connectivity index (χ1) is 8.56. The van der Waals surface area contributed by atoms with E-state index in [0.29, 0.717) is 6.42 Å². The maximum absolute atomic E-state index is 10.9. The molecule has 0 fully saturated rings. The van der Waals surface area contributed by atoms with Crippen LogP contribution >= 0.6 is 0 Å². The number of aliphatic carboxylic acids is 1. The van der Waals surface area contributed by atoms with Gasteiger partial charge >= 0.3 is 11.9 Å². The topological polar surface area (TPSA) is 63.6 Å². The molecule has 1 unspecified atom stereocenters. The minimum atomic E-state index is -0.838. The Morgan fingerprint density at radius 1 is 1.06 bits per heavy atom. The summed E-state index contributed by atoms with van der Waals surface area (Å²) in [6.45, 7) is 3.55. The summed E-state index contributed by atoms with van der Waals surface area (Å²) in [7, 11) is 0. The van der Waals surface area contributed by atoms with Gasteiger partial charge in [0.25, 0.3) is 0 Å². The number of carbonyl (C=O) groups is 2. The number of carbonyl (C=O) groups excluding carboxylic acids is 1. The lowest BCUT2D eigenvalue weighted by Crippen LogP contribution is -2.17. The van der Waals surface area contributed by atoms with Gasteiger partial charge in [-0.15, -0.1) is 0 Å². The van der Waals surface area contributed by atoms with Crippen LogP contribution in [-0.2, 0) is 14.3 Å². The molecular weight excluding hydrogens is 232 g/mol. The Kier molecular flexibility index (Phi) is 10.4. The van der Waals surface area contributed by atoms with E-state index in [-0.39, 0.29) is 18.5 Å². The molecule has 0 bridgehead atoms. The Hall–Kier alpha value is -1.06. The van der Waals surface area contributed by atoms with Gasteiger partial charge in [0.2, 0.25) is 0 Å². The van der Waals surface area contributed by atoms with Crippen molar-refractivity contribution in [3.63, 3.8) is 0 Å². The quantitative estimate of drug-likeness (QED) is 0.455. The summed E-state index contributed by atoms with van der Waals surface area (Å²) < 4.78 is 5.13. The molecule has 18 heavy (non-hydrogen) atoms. The molecule has 0 aliphatic carbocycles. The summed E-state index contributed by atoms with van der Waals surface area (Å²) in [6, 6.07) is 0. The Bertz CT molecular complexity index is 238. The zero-order valence-electron chi connectivity index (χ0n) is 11.6. The minimum absolute atomic E-state index is 0.0633. The van der Waals surface area contributed by atoms with Crippen molar-refractivity contribution in [2.24, 2.45) is 0 Å². The van der Waals surface area contributed by atoms with E-state index in [1.807, 2.05) is 0 Å². The molecule has 0 rings (SSSR count). The average Bonchev–Trinajstić information content (AvgIpc) is 2.29. The van der Waals surface area contributed by atoms with E-state index in [1.54, 1.807) is 0 Å². The van der Waals surface area contributed by atoms with Gasteiger partial charge in [0.1, 0.15) is 6.10 Å². The lowest BCUT2D eigenvalue weighted by molar-refractivity contribution is -0.149. The van der Waals surface area contributed by atoms with Gasteiger partial charge in [0.15, 0.2) is 0 Å². The summed E-state index contributed by atoms with van der Waals surface area (Å²) in [5, 5.41) is 8.62. The molecule has 0 radical (unpaired) electrons. The number of hydrogen-bond donors (Lipinski definition) is 1. The third-order valence-electron chi connectivity index (χ3n) is 2.89. The van der Waals surface area contributed by atoms with Crippen LogP contribution in [-0.4, -0.2) is 23.1 Å². The highest BCUT2D eigenvalue weighted by molar-refractivity contribution is 5.67. The molecule has 106 valence electrons. The predicted octanol–water partition coefficient (Wildman–Crippen LogP) is 3.53. The van der Waals surface area contributed by atoms with Crippen molar-refractivity contribution in [1.29, 1.82) is 0 Å². The van der Waals surface area contributed by atoms with E-state index in [2.05, 4.69) is 6.92 Å². The highest BCUT2D eigenvalue weighted by Crippen LogP contribution is 2.14. The van der Waals surface area contributed by atoms with Crippen LogP contribution < -0.4 is 0 Å². The number of ether oxygens (including phenoxy) is 1. The molecule has 0 amide bonds. The highest BCUT2D eigenvalue weighted by atomic mass is 16.5. The van der Waals surface area contributed by atoms with E-state index in [4.69, 9.17) is 9.84 Å². The molecule has 0 heterocycles. The van der Waals surface area contributed by atoms with Crippen molar-refractivity contribution >= 4 is 11.9 Å². The molecule has 0 spiro atoms. The molecule has 0 aliphatic rings. The smallest absolute Gasteiger partial charge is 0.303 e. The lowest BCUT2D eigenvalue weighted by atomic mass is 10.0. The van der Waals surface area contributed by atoms with E-state index in [0.717, 1.165) is 19.3 Å². The van der Waals surface area contributed by atoms with Crippen molar-refractivity contribution in [1.82, 2.24) is 0 Å². The van der Waals surface area contributed by atoms with E-state index in [9.17, 15) is 9.59 Å². The third-order valence-corrected chi connectivity index (χ3v) is 2.89. The fourth-order valence-electron chi connectivity index (χ4n) is 1.93. The van der Waals surface area contributed by atoms with E-state index >= 15 is 0 Å². The molecule has 0 aromatic rings. The van der Waals surface area contributed by atoms with Crippen LogP contribution in [0.4, 0.5) is 0 Å². The summed E-state index contributed by atoms with van der Waals surface area (Å²) in [5.74, 6) is -1.16. The molecule has 0 aliphatic heterocycles. The second kappa shape index (κ2) is 11.1. The fourth-order valence-corrected chi connectivity index (χ4v) is 1.93. The molecule has 4 heteroatoms. The van der Waals surface area contributed by atoms with Gasteiger partial charge in [-0.05, 0) is 19.3 Å². The van der Waals surface area contributed by atoms with Gasteiger partial charge in [-0.1, -0.05) is 39.0 Å². The van der Waals surface area contributed by atoms with Crippen LogP contribution in [0.15, 0.2) is 0 Å². The second-order valence-electron chi connectivity index (χ2n) is 4.72. The zero-order valence-corrected chi connectivity index (χ0v) is 11.6. The summed E-state index contributed by atoms with van der Waals surface area (Å²) in [5.41, 5.74) is 0. The Morgan fingerprint density at radius 2 is 1.67 bits per heavy atom. The van der Waals surface area contributed by atoms with Gasteiger partial charge in [0.05, 0.1) is 0 Å². The number of unbranched alkanes of at least 4 members (excludes halogenated alkanes) is 5. The lowest BCUT2D eigenvalue weighted by Gasteiger charge is -2.15. The minimum Gasteiger partial charge on any atom is -0.481 e. The number of carboxylic acid groups (broad SMARTS) is 1. The van der Waals surface area contributed by atoms with Gasteiger partial charge in [-0.2, -0.15) is 0 Å². The Morgan fingerprint density at radius 3 is 2.22 bits per heavy atom. The van der Waals surface area contributed by atoms with Crippen LogP contribution in [0.25, 0.3) is 0 Å². The summed E-state index contributed by atoms with van der Waals surface area (Å²) in [6.07, 6.45) is 8.12. The average molecular weight is 258 g/mol. The largest absolute Gasteiger partial charge is 0.481 e. The van der Waals surface area contributed by atoms with Crippen LogP contribution in [0.3, 0.4) is 0 Å². The van der Waals surface area contributed by atoms with Crippen LogP contribution in [0, 0.1) is 0 Å². The Labute approximate surface area is 110 Å². The van der Waals surface area contributed by atoms with Crippen molar-refractivity contribution < 1.29 is 19.4 Å². The molecular formula is C14H26O4. The zero-order chi connectivity index (χ0) is 13.8. The molecule has 1 N–H and O–H groups in total. The molecule has 0 aromatic carbocycles. The molecule has 1 atom stereocenters. The number of esters is 1. The second-order valence-corrected chi connectivity index (χ2v) is 4.72. The fraction of sp³-hybridized carbons (Fsp3) is 0.857. The number of carboxylic acids is 1. The van der Waals surface area contributed by atoms with Crippen LogP contribution in [0.5, 0.6) is 0 Å². The SMILES string of the molecule is CCCCCCCCC(CCC(=O)O)OC(C)=O. The summed E-state index contributed by atoms with van der Waals surface area (Å²) >= 11 is 0. The third kappa shape index (κ3) is 11.4. The van der Waals surface area contributed by atoms with Crippen LogP contribution in [0.1, 0.15) is 71.6 Å². The van der Waals surface area contributed by atoms with E-state index < -0.39 is 5.97 Å². The maximum Gasteiger partial charge on any atom is 0.303 e. The first kappa shape index (κ1) is 16.9. The molecule has 0 saturated carbocycles. The first-order valence-electron chi connectivity index (χ1n) is 6.95. The van der Waals surface area contributed by atoms with Gasteiger partial charge in [-0.25, -0.2) is 0 Å². The van der Waals surface area contributed by atoms with Crippen molar-refractivity contribution in [2.75, 3.05) is 0 Å². The van der Waals surface area contributed by atoms with Gasteiger partial charge in [0, 0.05) is 13.3 Å². The first-order valence-corrected chi connectivity index (χ1v) is 6.95. The summed E-state index contributed by atoms with van der Waals surface area (Å²) in [4.78, 5) is 21.4. The monoisotopic (exact) mass is 258 g/mol. The normalized spacial score (nSPS) is 12.1. The van der Waals surface area contributed by atoms with Crippen molar-refractivity contribution in [3.05, 3.63) is 0 Å². The van der Waals surface area contributed by atoms with Crippen molar-refractivity contribution in [3.8, 4) is 0 Å². The standard InChI is InChI=1S/C14H26O4/c1-3-4-5-6-7-8-9-13(18-12(2)15)10-11-14(16)17/h13H,3-11H2,1-2H3,(H,16,17).